The van der Waals surface area contributed by atoms with E-state index in [2.05, 4.69) is 16.8 Å². The molecule has 23 heavy (non-hydrogen) atoms. The van der Waals surface area contributed by atoms with Crippen molar-refractivity contribution in [2.24, 2.45) is 0 Å². The third-order valence-electron chi connectivity index (χ3n) is 4.55. The van der Waals surface area contributed by atoms with Gasteiger partial charge in [0.2, 0.25) is 0 Å². The van der Waals surface area contributed by atoms with Gasteiger partial charge < -0.3 is 19.0 Å². The van der Waals surface area contributed by atoms with Crippen LogP contribution in [0.1, 0.15) is 17.1 Å². The Kier molecular flexibility index (Phi) is 3.91. The molecule has 0 bridgehead atoms. The summed E-state index contributed by atoms with van der Waals surface area (Å²) in [5, 5.41) is 0. The van der Waals surface area contributed by atoms with E-state index in [1.807, 2.05) is 12.1 Å². The van der Waals surface area contributed by atoms with E-state index in [0.29, 0.717) is 0 Å². The second kappa shape index (κ2) is 6.20. The van der Waals surface area contributed by atoms with E-state index >= 15 is 0 Å². The van der Waals surface area contributed by atoms with Crippen LogP contribution in [0, 0.1) is 0 Å². The molecule has 0 saturated carbocycles. The van der Waals surface area contributed by atoms with E-state index in [1.165, 1.54) is 5.56 Å². The van der Waals surface area contributed by atoms with Crippen LogP contribution in [0.5, 0.6) is 0 Å². The Morgan fingerprint density at radius 3 is 2.70 bits per heavy atom. The maximum atomic E-state index is 5.48. The molecule has 0 radical (unpaired) electrons. The molecular weight excluding hydrogens is 292 g/mol. The lowest BCUT2D eigenvalue weighted by Gasteiger charge is -2.29. The van der Waals surface area contributed by atoms with Crippen molar-refractivity contribution in [3.63, 3.8) is 0 Å². The number of nitrogens with zero attached hydrogens (tertiary/aromatic N) is 4. The van der Waals surface area contributed by atoms with Gasteiger partial charge in [-0.2, -0.15) is 0 Å². The summed E-state index contributed by atoms with van der Waals surface area (Å²) in [5.74, 6) is 4.08. The van der Waals surface area contributed by atoms with E-state index in [9.17, 15) is 0 Å². The van der Waals surface area contributed by atoms with Crippen LogP contribution in [0.3, 0.4) is 0 Å². The number of rotatable bonds is 4. The number of furan rings is 1. The summed E-state index contributed by atoms with van der Waals surface area (Å²) in [6, 6.07) is 3.92. The highest BCUT2D eigenvalue weighted by atomic mass is 16.5. The Morgan fingerprint density at radius 1 is 1.09 bits per heavy atom. The molecule has 0 spiro atoms. The van der Waals surface area contributed by atoms with Crippen LogP contribution in [-0.4, -0.2) is 49.9 Å². The van der Waals surface area contributed by atoms with Crippen molar-refractivity contribution in [2.75, 3.05) is 49.7 Å². The Balaban J connectivity index is 1.62. The zero-order chi connectivity index (χ0) is 15.6. The van der Waals surface area contributed by atoms with Gasteiger partial charge in [0.25, 0.3) is 0 Å². The highest BCUT2D eigenvalue weighted by molar-refractivity contribution is 5.63. The molecule has 1 fully saturated rings. The second-order valence-electron chi connectivity index (χ2n) is 6.12. The molecule has 4 heterocycles. The summed E-state index contributed by atoms with van der Waals surface area (Å²) in [6.07, 6.45) is 4.37. The summed E-state index contributed by atoms with van der Waals surface area (Å²) in [7, 11) is 2.11. The summed E-state index contributed by atoms with van der Waals surface area (Å²) in [6.45, 7) is 4.38. The van der Waals surface area contributed by atoms with Crippen molar-refractivity contribution in [3.8, 4) is 0 Å². The van der Waals surface area contributed by atoms with Crippen LogP contribution >= 0.6 is 0 Å². The first-order chi connectivity index (χ1) is 11.3. The smallest absolute Gasteiger partial charge is 0.137 e. The van der Waals surface area contributed by atoms with Crippen molar-refractivity contribution in [1.29, 1.82) is 0 Å². The number of aromatic nitrogens is 2. The van der Waals surface area contributed by atoms with Crippen LogP contribution in [0.15, 0.2) is 22.8 Å². The average Bonchev–Trinajstić information content (AvgIpc) is 3.24. The highest BCUT2D eigenvalue weighted by Crippen LogP contribution is 2.32. The standard InChI is InChI=1S/C17H22N4O2/c1-20-7-6-14-16(20)18-15(5-4-13-3-2-10-23-13)19-17(14)21-8-11-22-12-9-21/h2-3,10H,4-9,11-12H2,1H3. The molecule has 2 aliphatic rings. The van der Waals surface area contributed by atoms with Crippen molar-refractivity contribution in [2.45, 2.75) is 19.3 Å². The molecule has 2 aromatic heterocycles. The highest BCUT2D eigenvalue weighted by Gasteiger charge is 2.26. The summed E-state index contributed by atoms with van der Waals surface area (Å²) in [5.41, 5.74) is 1.29. The molecule has 0 N–H and O–H groups in total. The number of aryl methyl sites for hydroxylation is 2. The second-order valence-corrected chi connectivity index (χ2v) is 6.12. The van der Waals surface area contributed by atoms with E-state index in [0.717, 1.165) is 75.3 Å². The fraction of sp³-hybridized carbons (Fsp3) is 0.529. The molecule has 2 aliphatic heterocycles. The largest absolute Gasteiger partial charge is 0.469 e. The number of likely N-dealkylation sites (N-methyl/N-ethyl adjacent to an activating group) is 1. The third kappa shape index (κ3) is 2.91. The van der Waals surface area contributed by atoms with Gasteiger partial charge in [-0.25, -0.2) is 9.97 Å². The minimum absolute atomic E-state index is 0.774. The van der Waals surface area contributed by atoms with E-state index in [1.54, 1.807) is 6.26 Å². The average molecular weight is 314 g/mol. The first-order valence-corrected chi connectivity index (χ1v) is 8.27. The molecule has 0 amide bonds. The zero-order valence-electron chi connectivity index (χ0n) is 13.5. The quantitative estimate of drug-likeness (QED) is 0.856. The topological polar surface area (TPSA) is 54.6 Å². The lowest BCUT2D eigenvalue weighted by molar-refractivity contribution is 0.122. The first-order valence-electron chi connectivity index (χ1n) is 8.27. The molecule has 122 valence electrons. The molecule has 4 rings (SSSR count). The normalized spacial score (nSPS) is 17.6. The van der Waals surface area contributed by atoms with Crippen LogP contribution < -0.4 is 9.80 Å². The first kappa shape index (κ1) is 14.5. The number of ether oxygens (including phenoxy) is 1. The van der Waals surface area contributed by atoms with Crippen molar-refractivity contribution in [1.82, 2.24) is 9.97 Å². The molecule has 0 unspecified atom stereocenters. The van der Waals surface area contributed by atoms with Crippen molar-refractivity contribution >= 4 is 11.6 Å². The van der Waals surface area contributed by atoms with Crippen LogP contribution in [0.2, 0.25) is 0 Å². The SMILES string of the molecule is CN1CCc2c1nc(CCc1ccco1)nc2N1CCOCC1. The minimum atomic E-state index is 0.774. The zero-order valence-corrected chi connectivity index (χ0v) is 13.5. The summed E-state index contributed by atoms with van der Waals surface area (Å²) in [4.78, 5) is 14.3. The Morgan fingerprint density at radius 2 is 1.91 bits per heavy atom. The van der Waals surface area contributed by atoms with Crippen molar-refractivity contribution < 1.29 is 9.15 Å². The van der Waals surface area contributed by atoms with Gasteiger partial charge in [-0.05, 0) is 18.6 Å². The summed E-state index contributed by atoms with van der Waals surface area (Å²) < 4.78 is 10.9. The molecule has 2 aromatic rings. The van der Waals surface area contributed by atoms with E-state index in [-0.39, 0.29) is 0 Å². The van der Waals surface area contributed by atoms with Gasteiger partial charge in [-0.1, -0.05) is 0 Å². The minimum Gasteiger partial charge on any atom is -0.469 e. The summed E-state index contributed by atoms with van der Waals surface area (Å²) >= 11 is 0. The predicted molar refractivity (Wildman–Crippen MR) is 88.2 cm³/mol. The number of hydrogen-bond donors (Lipinski definition) is 0. The van der Waals surface area contributed by atoms with Crippen molar-refractivity contribution in [3.05, 3.63) is 35.5 Å². The van der Waals surface area contributed by atoms with Gasteiger partial charge in [0.15, 0.2) is 0 Å². The predicted octanol–water partition coefficient (Wildman–Crippen LogP) is 1.68. The molecule has 6 nitrogen and oxygen atoms in total. The van der Waals surface area contributed by atoms with Gasteiger partial charge in [0.05, 0.1) is 19.5 Å². The fourth-order valence-electron chi connectivity index (χ4n) is 3.27. The van der Waals surface area contributed by atoms with E-state index in [4.69, 9.17) is 19.1 Å². The molecule has 1 saturated heterocycles. The number of fused-ring (bicyclic) bond motifs is 1. The van der Waals surface area contributed by atoms with Gasteiger partial charge >= 0.3 is 0 Å². The maximum absolute atomic E-state index is 5.48. The van der Waals surface area contributed by atoms with Gasteiger partial charge in [-0.3, -0.25) is 0 Å². The lowest BCUT2D eigenvalue weighted by Crippen LogP contribution is -2.37. The molecular formula is C17H22N4O2. The number of anilines is 2. The molecule has 0 aromatic carbocycles. The number of hydrogen-bond acceptors (Lipinski definition) is 6. The Labute approximate surface area is 136 Å². The van der Waals surface area contributed by atoms with Gasteiger partial charge in [0.1, 0.15) is 23.2 Å². The Bertz CT molecular complexity index is 665. The van der Waals surface area contributed by atoms with Gasteiger partial charge in [0, 0.05) is 45.1 Å². The third-order valence-corrected chi connectivity index (χ3v) is 4.55. The van der Waals surface area contributed by atoms with Gasteiger partial charge in [-0.15, -0.1) is 0 Å². The molecule has 6 heteroatoms. The maximum Gasteiger partial charge on any atom is 0.137 e. The fourth-order valence-corrected chi connectivity index (χ4v) is 3.27. The van der Waals surface area contributed by atoms with Crippen LogP contribution in [0.4, 0.5) is 11.6 Å². The monoisotopic (exact) mass is 314 g/mol. The van der Waals surface area contributed by atoms with Crippen LogP contribution in [-0.2, 0) is 24.0 Å². The number of morpholine rings is 1. The molecule has 0 aliphatic carbocycles. The lowest BCUT2D eigenvalue weighted by atomic mass is 10.2. The Hall–Kier alpha value is -2.08. The van der Waals surface area contributed by atoms with Crippen LogP contribution in [0.25, 0.3) is 0 Å². The van der Waals surface area contributed by atoms with E-state index < -0.39 is 0 Å². The molecule has 0 atom stereocenters.